The van der Waals surface area contributed by atoms with E-state index in [0.29, 0.717) is 30.2 Å². The van der Waals surface area contributed by atoms with Gasteiger partial charge in [0.1, 0.15) is 9.79 Å². The zero-order chi connectivity index (χ0) is 28.0. The summed E-state index contributed by atoms with van der Waals surface area (Å²) in [4.78, 5) is -1.35. The van der Waals surface area contributed by atoms with Gasteiger partial charge in [0.05, 0.1) is 0 Å². The molecule has 0 aliphatic heterocycles. The van der Waals surface area contributed by atoms with E-state index in [2.05, 4.69) is 13.8 Å². The van der Waals surface area contributed by atoms with Gasteiger partial charge in [0.25, 0.3) is 20.2 Å². The van der Waals surface area contributed by atoms with Gasteiger partial charge in [-0.3, -0.25) is 9.11 Å². The van der Waals surface area contributed by atoms with Crippen LogP contribution in [0, 0.1) is 0 Å². The molecule has 0 radical (unpaired) electrons. The molecule has 0 saturated heterocycles. The molecule has 0 spiro atoms. The molecule has 38 heavy (non-hydrogen) atoms. The topological polar surface area (TPSA) is 109 Å². The van der Waals surface area contributed by atoms with Crippen LogP contribution in [-0.2, 0) is 33.1 Å². The lowest BCUT2D eigenvalue weighted by Crippen LogP contribution is -2.15. The summed E-state index contributed by atoms with van der Waals surface area (Å²) in [6.07, 6.45) is 18.5. The van der Waals surface area contributed by atoms with Gasteiger partial charge >= 0.3 is 0 Å². The number of unbranched alkanes of at least 4 members (excludes halogenated alkanes) is 14. The summed E-state index contributed by atoms with van der Waals surface area (Å²) < 4.78 is 70.5. The third-order valence-electron chi connectivity index (χ3n) is 7.42. The summed E-state index contributed by atoms with van der Waals surface area (Å²) in [7, 11) is -9.82. The maximum absolute atomic E-state index is 12.6. The van der Waals surface area contributed by atoms with Crippen LogP contribution in [0.3, 0.4) is 0 Å². The first-order valence-electron chi connectivity index (χ1n) is 14.6. The average molecular weight is 569 g/mol. The van der Waals surface area contributed by atoms with Crippen LogP contribution in [0.5, 0.6) is 0 Å². The van der Waals surface area contributed by atoms with Crippen molar-refractivity contribution in [3.63, 3.8) is 0 Å². The molecule has 0 bridgehead atoms. The van der Waals surface area contributed by atoms with Crippen LogP contribution in [0.4, 0.5) is 0 Å². The molecule has 0 fully saturated rings. The predicted octanol–water partition coefficient (Wildman–Crippen LogP) is 8.70. The molecule has 216 valence electrons. The van der Waals surface area contributed by atoms with E-state index in [1.165, 1.54) is 63.9 Å². The lowest BCUT2D eigenvalue weighted by atomic mass is 9.91. The maximum Gasteiger partial charge on any atom is 0.296 e. The first kappa shape index (κ1) is 32.7. The summed E-state index contributed by atoms with van der Waals surface area (Å²) in [5.74, 6) is 0. The third-order valence-corrected chi connectivity index (χ3v) is 9.45. The smallest absolute Gasteiger partial charge is 0.282 e. The molecular weight excluding hydrogens is 520 g/mol. The minimum absolute atomic E-state index is 0.136. The second-order valence-corrected chi connectivity index (χ2v) is 13.3. The third kappa shape index (κ3) is 10.2. The molecule has 2 aromatic carbocycles. The van der Waals surface area contributed by atoms with Gasteiger partial charge in [0.15, 0.2) is 0 Å². The van der Waals surface area contributed by atoms with Crippen LogP contribution in [0.15, 0.2) is 34.1 Å². The van der Waals surface area contributed by atoms with Gasteiger partial charge in [-0.25, -0.2) is 0 Å². The lowest BCUT2D eigenvalue weighted by Gasteiger charge is -2.20. The minimum atomic E-state index is -4.91. The summed E-state index contributed by atoms with van der Waals surface area (Å²) in [5, 5.41) is 0.766. The van der Waals surface area contributed by atoms with Gasteiger partial charge in [0.2, 0.25) is 0 Å². The Morgan fingerprint density at radius 2 is 0.868 bits per heavy atom. The predicted molar refractivity (Wildman–Crippen MR) is 156 cm³/mol. The summed E-state index contributed by atoms with van der Waals surface area (Å²) >= 11 is 0. The Labute approximate surface area is 231 Å². The zero-order valence-electron chi connectivity index (χ0n) is 23.4. The van der Waals surface area contributed by atoms with Crippen molar-refractivity contribution < 1.29 is 25.9 Å². The summed E-state index contributed by atoms with van der Waals surface area (Å²) in [6.45, 7) is 4.38. The molecule has 2 aromatic rings. The van der Waals surface area contributed by atoms with Crippen LogP contribution >= 0.6 is 0 Å². The van der Waals surface area contributed by atoms with Crippen molar-refractivity contribution in [3.8, 4) is 0 Å². The maximum atomic E-state index is 12.6. The highest BCUT2D eigenvalue weighted by molar-refractivity contribution is 7.89. The van der Waals surface area contributed by atoms with Crippen LogP contribution in [0.25, 0.3) is 10.8 Å². The largest absolute Gasteiger partial charge is 0.296 e. The van der Waals surface area contributed by atoms with Gasteiger partial charge < -0.3 is 0 Å². The SMILES string of the molecule is CCCCCCCCCCc1c(S(=O)(=O)O)c(S(=O)(=O)O)c2ccccc2c1CCCCCCCCCC. The normalized spacial score (nSPS) is 12.4. The average Bonchev–Trinajstić information content (AvgIpc) is 2.85. The molecule has 0 aromatic heterocycles. The zero-order valence-corrected chi connectivity index (χ0v) is 25.0. The van der Waals surface area contributed by atoms with E-state index in [0.717, 1.165) is 44.1 Å². The summed E-state index contributed by atoms with van der Waals surface area (Å²) in [6, 6.07) is 6.70. The molecule has 2 rings (SSSR count). The van der Waals surface area contributed by atoms with Gasteiger partial charge in [-0.1, -0.05) is 128 Å². The molecule has 0 aliphatic carbocycles. The van der Waals surface area contributed by atoms with E-state index >= 15 is 0 Å². The Morgan fingerprint density at radius 1 is 0.500 bits per heavy atom. The lowest BCUT2D eigenvalue weighted by molar-refractivity contribution is 0.465. The van der Waals surface area contributed by atoms with Crippen LogP contribution in [0.1, 0.15) is 128 Å². The molecule has 0 unspecified atom stereocenters. The minimum Gasteiger partial charge on any atom is -0.282 e. The Balaban J connectivity index is 2.37. The van der Waals surface area contributed by atoms with Crippen molar-refractivity contribution in [3.05, 3.63) is 35.4 Å². The first-order valence-corrected chi connectivity index (χ1v) is 17.5. The van der Waals surface area contributed by atoms with Crippen molar-refractivity contribution >= 4 is 31.0 Å². The monoisotopic (exact) mass is 568 g/mol. The molecule has 0 atom stereocenters. The van der Waals surface area contributed by atoms with Gasteiger partial charge in [-0.2, -0.15) is 16.8 Å². The second-order valence-electron chi connectivity index (χ2n) is 10.6. The van der Waals surface area contributed by atoms with Crippen molar-refractivity contribution in [2.75, 3.05) is 0 Å². The van der Waals surface area contributed by atoms with Crippen LogP contribution in [-0.4, -0.2) is 25.9 Å². The molecule has 6 nitrogen and oxygen atoms in total. The van der Waals surface area contributed by atoms with E-state index < -0.39 is 30.0 Å². The van der Waals surface area contributed by atoms with Crippen molar-refractivity contribution in [1.82, 2.24) is 0 Å². The Morgan fingerprint density at radius 3 is 1.29 bits per heavy atom. The van der Waals surface area contributed by atoms with Crippen molar-refractivity contribution in [1.29, 1.82) is 0 Å². The van der Waals surface area contributed by atoms with Crippen LogP contribution in [0.2, 0.25) is 0 Å². The molecule has 0 amide bonds. The quantitative estimate of drug-likeness (QED) is 0.122. The fourth-order valence-electron chi connectivity index (χ4n) is 5.45. The standard InChI is InChI=1S/C30H48O6S2/c1-3-5-7-9-11-13-15-17-21-25-26-22-19-20-24-28(26)30(38(34,35)36)29(37(31,32)33)27(25)23-18-16-14-12-10-8-6-4-2/h19-20,22,24H,3-18,21,23H2,1-2H3,(H,31,32,33)(H,34,35,36). The highest BCUT2D eigenvalue weighted by Crippen LogP contribution is 2.38. The van der Waals surface area contributed by atoms with E-state index in [4.69, 9.17) is 0 Å². The highest BCUT2D eigenvalue weighted by Gasteiger charge is 2.32. The number of aryl methyl sites for hydroxylation is 1. The highest BCUT2D eigenvalue weighted by atomic mass is 32.2. The second kappa shape index (κ2) is 16.6. The van der Waals surface area contributed by atoms with Gasteiger partial charge in [0, 0.05) is 5.39 Å². The molecule has 0 aliphatic rings. The molecule has 0 heterocycles. The van der Waals surface area contributed by atoms with Gasteiger partial charge in [-0.05, 0) is 42.2 Å². The number of benzene rings is 2. The first-order chi connectivity index (χ1) is 18.1. The van der Waals surface area contributed by atoms with Gasteiger partial charge in [-0.15, -0.1) is 0 Å². The fraction of sp³-hybridized carbons (Fsp3) is 0.667. The van der Waals surface area contributed by atoms with E-state index in [1.807, 2.05) is 0 Å². The van der Waals surface area contributed by atoms with E-state index in [1.54, 1.807) is 18.2 Å². The molecule has 8 heteroatoms. The molecule has 2 N–H and O–H groups in total. The summed E-state index contributed by atoms with van der Waals surface area (Å²) in [5.41, 5.74) is 1.11. The molecular formula is C30H48O6S2. The number of rotatable bonds is 20. The number of hydrogen-bond acceptors (Lipinski definition) is 4. The Bertz CT molecular complexity index is 1200. The number of fused-ring (bicyclic) bond motifs is 1. The van der Waals surface area contributed by atoms with Crippen molar-refractivity contribution in [2.24, 2.45) is 0 Å². The van der Waals surface area contributed by atoms with E-state index in [-0.39, 0.29) is 5.39 Å². The Hall–Kier alpha value is -1.48. The molecule has 0 saturated carbocycles. The van der Waals surface area contributed by atoms with E-state index in [9.17, 15) is 25.9 Å². The van der Waals surface area contributed by atoms with Crippen LogP contribution < -0.4 is 0 Å². The fourth-order valence-corrected chi connectivity index (χ4v) is 7.78. The number of hydrogen-bond donors (Lipinski definition) is 2. The van der Waals surface area contributed by atoms with Crippen molar-refractivity contribution in [2.45, 2.75) is 139 Å². The Kier molecular flexibility index (Phi) is 14.3.